The number of anilines is 1. The summed E-state index contributed by atoms with van der Waals surface area (Å²) in [7, 11) is 0. The van der Waals surface area contributed by atoms with Gasteiger partial charge in [-0.1, -0.05) is 115 Å². The van der Waals surface area contributed by atoms with Gasteiger partial charge < -0.3 is 14.4 Å². The standard InChI is InChI=1S/C42H28BN3/c1-4-14-28(15-5-1)43-37-25-36-32-21-11-13-23-40(32)45(29-16-6-2-7-17-29)41(36)26-33(37)34-24-35-31-20-10-12-22-39(31)46(30-18-8-3-9-19-30)42(35)27-38(34)44-43/h1-27,44H. The first-order valence-corrected chi connectivity index (χ1v) is 15.9. The molecule has 0 unspecified atom stereocenters. The lowest BCUT2D eigenvalue weighted by molar-refractivity contribution is 1.18. The van der Waals surface area contributed by atoms with Gasteiger partial charge in [0.15, 0.2) is 0 Å². The Labute approximate surface area is 267 Å². The van der Waals surface area contributed by atoms with E-state index in [1.807, 2.05) is 0 Å². The number of hydrogen-bond donors (Lipinski definition) is 1. The minimum atomic E-state index is 0.0129. The van der Waals surface area contributed by atoms with Gasteiger partial charge in [-0.25, -0.2) is 0 Å². The van der Waals surface area contributed by atoms with Crippen molar-refractivity contribution in [2.45, 2.75) is 0 Å². The van der Waals surface area contributed by atoms with E-state index in [0.717, 1.165) is 5.69 Å². The van der Waals surface area contributed by atoms with E-state index in [-0.39, 0.29) is 6.85 Å². The summed E-state index contributed by atoms with van der Waals surface area (Å²) in [5.74, 6) is 0. The van der Waals surface area contributed by atoms with Crippen molar-refractivity contribution in [3.05, 3.63) is 164 Å². The van der Waals surface area contributed by atoms with E-state index in [1.165, 1.54) is 77.0 Å². The number of para-hydroxylation sites is 4. The Morgan fingerprint density at radius 3 is 1.50 bits per heavy atom. The van der Waals surface area contributed by atoms with Crippen molar-refractivity contribution in [3.63, 3.8) is 0 Å². The highest BCUT2D eigenvalue weighted by atomic mass is 15.0. The van der Waals surface area contributed by atoms with Crippen LogP contribution in [0.15, 0.2) is 164 Å². The maximum atomic E-state index is 4.02. The number of rotatable bonds is 3. The first kappa shape index (κ1) is 25.3. The van der Waals surface area contributed by atoms with Gasteiger partial charge in [0.1, 0.15) is 0 Å². The first-order valence-electron chi connectivity index (χ1n) is 15.9. The van der Waals surface area contributed by atoms with E-state index in [1.54, 1.807) is 0 Å². The monoisotopic (exact) mass is 585 g/mol. The van der Waals surface area contributed by atoms with Crippen LogP contribution in [0.2, 0.25) is 0 Å². The molecule has 3 nitrogen and oxygen atoms in total. The van der Waals surface area contributed by atoms with Crippen LogP contribution < -0.4 is 16.2 Å². The third-order valence-corrected chi connectivity index (χ3v) is 9.72. The van der Waals surface area contributed by atoms with Crippen LogP contribution in [0.5, 0.6) is 0 Å². The molecule has 0 bridgehead atoms. The van der Waals surface area contributed by atoms with Crippen molar-refractivity contribution in [2.24, 2.45) is 0 Å². The van der Waals surface area contributed by atoms with Crippen LogP contribution in [0, 0.1) is 0 Å². The van der Waals surface area contributed by atoms with E-state index in [4.69, 9.17) is 0 Å². The second-order valence-corrected chi connectivity index (χ2v) is 12.2. The molecule has 0 saturated heterocycles. The number of hydrogen-bond acceptors (Lipinski definition) is 1. The van der Waals surface area contributed by atoms with Crippen LogP contribution in [-0.4, -0.2) is 16.0 Å². The molecule has 0 fully saturated rings. The van der Waals surface area contributed by atoms with Crippen LogP contribution >= 0.6 is 0 Å². The molecular formula is C42H28BN3. The van der Waals surface area contributed by atoms with Gasteiger partial charge in [0, 0.05) is 44.2 Å². The fourth-order valence-corrected chi connectivity index (χ4v) is 7.71. The number of nitrogens with zero attached hydrogens (tertiary/aromatic N) is 2. The summed E-state index contributed by atoms with van der Waals surface area (Å²) in [5, 5.41) is 9.07. The number of fused-ring (bicyclic) bond motifs is 9. The Morgan fingerprint density at radius 2 is 0.891 bits per heavy atom. The molecule has 0 radical (unpaired) electrons. The Bertz CT molecular complexity index is 2600. The zero-order valence-corrected chi connectivity index (χ0v) is 25.1. The van der Waals surface area contributed by atoms with Gasteiger partial charge in [-0.15, -0.1) is 0 Å². The number of benzene rings is 7. The van der Waals surface area contributed by atoms with Crippen molar-refractivity contribution in [1.82, 2.24) is 9.13 Å². The Morgan fingerprint density at radius 1 is 0.391 bits per heavy atom. The van der Waals surface area contributed by atoms with Crippen molar-refractivity contribution in [2.75, 3.05) is 5.23 Å². The molecule has 0 aliphatic carbocycles. The molecule has 1 aliphatic heterocycles. The molecule has 0 spiro atoms. The van der Waals surface area contributed by atoms with Crippen LogP contribution in [0.1, 0.15) is 0 Å². The van der Waals surface area contributed by atoms with Crippen LogP contribution in [0.4, 0.5) is 5.69 Å². The zero-order valence-electron chi connectivity index (χ0n) is 25.1. The topological polar surface area (TPSA) is 21.9 Å². The molecular weight excluding hydrogens is 557 g/mol. The van der Waals surface area contributed by atoms with Crippen molar-refractivity contribution in [3.8, 4) is 22.5 Å². The van der Waals surface area contributed by atoms with Crippen molar-refractivity contribution >= 4 is 67.1 Å². The summed E-state index contributed by atoms with van der Waals surface area (Å²) in [6, 6.07) is 59.5. The van der Waals surface area contributed by atoms with Crippen molar-refractivity contribution < 1.29 is 0 Å². The third-order valence-electron chi connectivity index (χ3n) is 9.72. The molecule has 1 N–H and O–H groups in total. The van der Waals surface area contributed by atoms with Gasteiger partial charge in [0.05, 0.1) is 22.1 Å². The molecule has 0 saturated carbocycles. The molecule has 9 aromatic rings. The van der Waals surface area contributed by atoms with Crippen LogP contribution in [0.25, 0.3) is 66.1 Å². The SMILES string of the molecule is c1ccc(B2Nc3cc4c(cc3-c3cc5c(cc32)c2ccccc2n5-c2ccccc2)c2ccccc2n4-c2ccccc2)cc1. The lowest BCUT2D eigenvalue weighted by Gasteiger charge is -2.29. The quantitative estimate of drug-likeness (QED) is 0.205. The molecule has 46 heavy (non-hydrogen) atoms. The molecule has 2 aromatic heterocycles. The molecule has 10 rings (SSSR count). The Kier molecular flexibility index (Phi) is 5.37. The highest BCUT2D eigenvalue weighted by Crippen LogP contribution is 2.42. The number of nitrogens with one attached hydrogen (secondary N) is 1. The smallest absolute Gasteiger partial charge is 0.321 e. The predicted molar refractivity (Wildman–Crippen MR) is 196 cm³/mol. The summed E-state index contributed by atoms with van der Waals surface area (Å²) in [6.07, 6.45) is 0. The molecule has 4 heteroatoms. The average molecular weight is 586 g/mol. The van der Waals surface area contributed by atoms with Crippen LogP contribution in [0.3, 0.4) is 0 Å². The van der Waals surface area contributed by atoms with E-state index in [2.05, 4.69) is 178 Å². The first-order chi connectivity index (χ1) is 22.8. The van der Waals surface area contributed by atoms with E-state index in [0.29, 0.717) is 0 Å². The minimum absolute atomic E-state index is 0.0129. The average Bonchev–Trinajstić information content (AvgIpc) is 3.62. The summed E-state index contributed by atoms with van der Waals surface area (Å²) in [6.45, 7) is 0.0129. The van der Waals surface area contributed by atoms with Gasteiger partial charge in [-0.05, 0) is 65.6 Å². The van der Waals surface area contributed by atoms with E-state index >= 15 is 0 Å². The van der Waals surface area contributed by atoms with E-state index < -0.39 is 0 Å². The van der Waals surface area contributed by atoms with Crippen LogP contribution in [-0.2, 0) is 0 Å². The molecule has 3 heterocycles. The third kappa shape index (κ3) is 3.61. The second-order valence-electron chi connectivity index (χ2n) is 12.2. The molecule has 0 amide bonds. The lowest BCUT2D eigenvalue weighted by Crippen LogP contribution is -2.51. The maximum absolute atomic E-state index is 4.02. The van der Waals surface area contributed by atoms with Gasteiger partial charge in [0.25, 0.3) is 0 Å². The summed E-state index contributed by atoms with van der Waals surface area (Å²) in [5.41, 5.74) is 13.4. The zero-order chi connectivity index (χ0) is 30.2. The van der Waals surface area contributed by atoms with Gasteiger partial charge in [0.2, 0.25) is 0 Å². The molecule has 214 valence electrons. The second kappa shape index (κ2) is 9.75. The Balaban J connectivity index is 1.33. The van der Waals surface area contributed by atoms with Gasteiger partial charge >= 0.3 is 6.85 Å². The number of aromatic nitrogens is 2. The molecule has 1 aliphatic rings. The molecule has 0 atom stereocenters. The minimum Gasteiger partial charge on any atom is -0.420 e. The normalized spacial score (nSPS) is 12.5. The summed E-state index contributed by atoms with van der Waals surface area (Å²) in [4.78, 5) is 0. The summed E-state index contributed by atoms with van der Waals surface area (Å²) >= 11 is 0. The largest absolute Gasteiger partial charge is 0.420 e. The van der Waals surface area contributed by atoms with E-state index in [9.17, 15) is 0 Å². The molecule has 7 aromatic carbocycles. The Hall–Kier alpha value is -6.00. The fraction of sp³-hybridized carbons (Fsp3) is 0. The fourth-order valence-electron chi connectivity index (χ4n) is 7.71. The maximum Gasteiger partial charge on any atom is 0.321 e. The van der Waals surface area contributed by atoms with Gasteiger partial charge in [-0.3, -0.25) is 0 Å². The highest BCUT2D eigenvalue weighted by Gasteiger charge is 2.32. The highest BCUT2D eigenvalue weighted by molar-refractivity contribution is 6.89. The van der Waals surface area contributed by atoms with Gasteiger partial charge in [-0.2, -0.15) is 0 Å². The lowest BCUT2D eigenvalue weighted by atomic mass is 9.47. The summed E-state index contributed by atoms with van der Waals surface area (Å²) < 4.78 is 4.82. The van der Waals surface area contributed by atoms with Crippen molar-refractivity contribution in [1.29, 1.82) is 0 Å². The predicted octanol–water partition coefficient (Wildman–Crippen LogP) is 9.08.